The number of anilines is 1. The van der Waals surface area contributed by atoms with E-state index in [1.807, 2.05) is 6.92 Å². The summed E-state index contributed by atoms with van der Waals surface area (Å²) in [5.74, 6) is -0.00262. The first-order chi connectivity index (χ1) is 10.1. The zero-order valence-corrected chi connectivity index (χ0v) is 12.4. The molecule has 0 aromatic heterocycles. The van der Waals surface area contributed by atoms with Crippen LogP contribution in [0.3, 0.4) is 0 Å². The number of nitrogens with two attached hydrogens (primary N) is 1. The number of nitrogens with one attached hydrogen (secondary N) is 2. The zero-order valence-electron chi connectivity index (χ0n) is 12.4. The SMILES string of the molecule is CCNC(=O)c1ccc(NC(=O)C2CCC(N)CC2)cc1. The molecule has 2 rings (SSSR count). The second-order valence-electron chi connectivity index (χ2n) is 5.54. The fourth-order valence-corrected chi connectivity index (χ4v) is 2.59. The second kappa shape index (κ2) is 7.22. The first-order valence-corrected chi connectivity index (χ1v) is 7.55. The van der Waals surface area contributed by atoms with Gasteiger partial charge in [-0.25, -0.2) is 0 Å². The highest BCUT2D eigenvalue weighted by Gasteiger charge is 2.24. The molecule has 0 saturated heterocycles. The van der Waals surface area contributed by atoms with Crippen molar-refractivity contribution in [1.29, 1.82) is 0 Å². The molecule has 114 valence electrons. The van der Waals surface area contributed by atoms with Gasteiger partial charge in [-0.15, -0.1) is 0 Å². The second-order valence-corrected chi connectivity index (χ2v) is 5.54. The van der Waals surface area contributed by atoms with Crippen molar-refractivity contribution >= 4 is 17.5 Å². The largest absolute Gasteiger partial charge is 0.352 e. The van der Waals surface area contributed by atoms with Crippen molar-refractivity contribution in [1.82, 2.24) is 5.32 Å². The van der Waals surface area contributed by atoms with Crippen LogP contribution in [0.1, 0.15) is 43.0 Å². The normalized spacial score (nSPS) is 21.6. The highest BCUT2D eigenvalue weighted by Crippen LogP contribution is 2.24. The molecule has 4 N–H and O–H groups in total. The minimum atomic E-state index is -0.100. The lowest BCUT2D eigenvalue weighted by Gasteiger charge is -2.25. The number of hydrogen-bond acceptors (Lipinski definition) is 3. The van der Waals surface area contributed by atoms with Crippen LogP contribution < -0.4 is 16.4 Å². The van der Waals surface area contributed by atoms with E-state index in [2.05, 4.69) is 10.6 Å². The monoisotopic (exact) mass is 289 g/mol. The van der Waals surface area contributed by atoms with E-state index in [0.29, 0.717) is 12.1 Å². The molecule has 1 aromatic rings. The molecule has 0 unspecified atom stereocenters. The third-order valence-electron chi connectivity index (χ3n) is 3.89. The van der Waals surface area contributed by atoms with Gasteiger partial charge in [0.15, 0.2) is 0 Å². The average Bonchev–Trinajstić information content (AvgIpc) is 2.49. The van der Waals surface area contributed by atoms with Crippen molar-refractivity contribution in [2.24, 2.45) is 11.7 Å². The number of benzene rings is 1. The van der Waals surface area contributed by atoms with E-state index in [0.717, 1.165) is 31.4 Å². The Kier molecular flexibility index (Phi) is 5.33. The summed E-state index contributed by atoms with van der Waals surface area (Å²) in [5.41, 5.74) is 7.17. The van der Waals surface area contributed by atoms with Gasteiger partial charge in [-0.05, 0) is 56.9 Å². The van der Waals surface area contributed by atoms with Crippen LogP contribution in [0.25, 0.3) is 0 Å². The molecule has 0 radical (unpaired) electrons. The molecule has 21 heavy (non-hydrogen) atoms. The van der Waals surface area contributed by atoms with E-state index in [1.54, 1.807) is 24.3 Å². The lowest BCUT2D eigenvalue weighted by atomic mass is 9.86. The molecule has 1 aliphatic rings. The smallest absolute Gasteiger partial charge is 0.251 e. The lowest BCUT2D eigenvalue weighted by Crippen LogP contribution is -2.32. The standard InChI is InChI=1S/C16H23N3O2/c1-2-18-15(20)11-5-9-14(10-6-11)19-16(21)12-3-7-13(17)8-4-12/h5-6,9-10,12-13H,2-4,7-8,17H2,1H3,(H,18,20)(H,19,21). The van der Waals surface area contributed by atoms with Crippen LogP contribution in [0.2, 0.25) is 0 Å². The number of carbonyl (C=O) groups is 2. The summed E-state index contributed by atoms with van der Waals surface area (Å²) in [4.78, 5) is 23.8. The molecule has 0 heterocycles. The molecule has 2 amide bonds. The van der Waals surface area contributed by atoms with E-state index in [4.69, 9.17) is 5.73 Å². The quantitative estimate of drug-likeness (QED) is 0.791. The number of hydrogen-bond donors (Lipinski definition) is 3. The predicted molar refractivity (Wildman–Crippen MR) is 83.0 cm³/mol. The third kappa shape index (κ3) is 4.29. The first-order valence-electron chi connectivity index (χ1n) is 7.55. The molecule has 1 aliphatic carbocycles. The van der Waals surface area contributed by atoms with E-state index in [9.17, 15) is 9.59 Å². The topological polar surface area (TPSA) is 84.2 Å². The van der Waals surface area contributed by atoms with Gasteiger partial charge >= 0.3 is 0 Å². The van der Waals surface area contributed by atoms with Crippen molar-refractivity contribution in [3.05, 3.63) is 29.8 Å². The highest BCUT2D eigenvalue weighted by molar-refractivity contribution is 5.96. The Morgan fingerprint density at radius 3 is 2.33 bits per heavy atom. The maximum atomic E-state index is 12.2. The van der Waals surface area contributed by atoms with Crippen LogP contribution in [0.15, 0.2) is 24.3 Å². The Morgan fingerprint density at radius 2 is 1.76 bits per heavy atom. The van der Waals surface area contributed by atoms with Crippen molar-refractivity contribution < 1.29 is 9.59 Å². The van der Waals surface area contributed by atoms with Crippen LogP contribution in [0.5, 0.6) is 0 Å². The van der Waals surface area contributed by atoms with Gasteiger partial charge in [0, 0.05) is 29.8 Å². The van der Waals surface area contributed by atoms with Crippen LogP contribution in [-0.2, 0) is 4.79 Å². The zero-order chi connectivity index (χ0) is 15.2. The van der Waals surface area contributed by atoms with E-state index >= 15 is 0 Å². The molecule has 1 fully saturated rings. The van der Waals surface area contributed by atoms with Crippen LogP contribution in [0, 0.1) is 5.92 Å². The van der Waals surface area contributed by atoms with Crippen LogP contribution in [-0.4, -0.2) is 24.4 Å². The average molecular weight is 289 g/mol. The number of carbonyl (C=O) groups excluding carboxylic acids is 2. The number of rotatable bonds is 4. The Balaban J connectivity index is 1.91. The maximum Gasteiger partial charge on any atom is 0.251 e. The predicted octanol–water partition coefficient (Wildman–Crippen LogP) is 1.89. The molecule has 5 heteroatoms. The van der Waals surface area contributed by atoms with Gasteiger partial charge in [-0.1, -0.05) is 0 Å². The molecule has 0 bridgehead atoms. The summed E-state index contributed by atoms with van der Waals surface area (Å²) in [6.45, 7) is 2.48. The Morgan fingerprint density at radius 1 is 1.14 bits per heavy atom. The summed E-state index contributed by atoms with van der Waals surface area (Å²) in [5, 5.41) is 5.65. The Bertz CT molecular complexity index is 491. The fourth-order valence-electron chi connectivity index (χ4n) is 2.59. The summed E-state index contributed by atoms with van der Waals surface area (Å²) in [7, 11) is 0. The van der Waals surface area contributed by atoms with Gasteiger partial charge in [0.2, 0.25) is 5.91 Å². The Hall–Kier alpha value is -1.88. The fraction of sp³-hybridized carbons (Fsp3) is 0.500. The molecule has 0 atom stereocenters. The number of amides is 2. The van der Waals surface area contributed by atoms with Crippen LogP contribution >= 0.6 is 0 Å². The summed E-state index contributed by atoms with van der Waals surface area (Å²) in [6.07, 6.45) is 3.52. The molecular weight excluding hydrogens is 266 g/mol. The van der Waals surface area contributed by atoms with Gasteiger partial charge in [-0.2, -0.15) is 0 Å². The van der Waals surface area contributed by atoms with Crippen molar-refractivity contribution in [3.8, 4) is 0 Å². The molecule has 0 spiro atoms. The van der Waals surface area contributed by atoms with E-state index in [1.165, 1.54) is 0 Å². The van der Waals surface area contributed by atoms with Crippen LogP contribution in [0.4, 0.5) is 5.69 Å². The van der Waals surface area contributed by atoms with Gasteiger partial charge in [0.25, 0.3) is 5.91 Å². The third-order valence-corrected chi connectivity index (χ3v) is 3.89. The first kappa shape index (κ1) is 15.5. The van der Waals surface area contributed by atoms with Crippen molar-refractivity contribution in [2.75, 3.05) is 11.9 Å². The van der Waals surface area contributed by atoms with Gasteiger partial charge in [0.05, 0.1) is 0 Å². The summed E-state index contributed by atoms with van der Waals surface area (Å²) >= 11 is 0. The van der Waals surface area contributed by atoms with Crippen molar-refractivity contribution in [2.45, 2.75) is 38.6 Å². The lowest BCUT2D eigenvalue weighted by molar-refractivity contribution is -0.120. The van der Waals surface area contributed by atoms with Gasteiger partial charge in [0.1, 0.15) is 0 Å². The van der Waals surface area contributed by atoms with Gasteiger partial charge < -0.3 is 16.4 Å². The molecule has 5 nitrogen and oxygen atoms in total. The van der Waals surface area contributed by atoms with Crippen molar-refractivity contribution in [3.63, 3.8) is 0 Å². The minimum absolute atomic E-state index is 0.0488. The molecule has 1 aromatic carbocycles. The van der Waals surface area contributed by atoms with Gasteiger partial charge in [-0.3, -0.25) is 9.59 Å². The summed E-state index contributed by atoms with van der Waals surface area (Å²) in [6, 6.07) is 7.20. The maximum absolute atomic E-state index is 12.2. The molecule has 1 saturated carbocycles. The Labute approximate surface area is 125 Å². The molecular formula is C16H23N3O2. The molecule has 0 aliphatic heterocycles. The van der Waals surface area contributed by atoms with E-state index < -0.39 is 0 Å². The minimum Gasteiger partial charge on any atom is -0.352 e. The van der Waals surface area contributed by atoms with E-state index in [-0.39, 0.29) is 23.8 Å². The summed E-state index contributed by atoms with van der Waals surface area (Å²) < 4.78 is 0. The highest BCUT2D eigenvalue weighted by atomic mass is 16.2.